The quantitative estimate of drug-likeness (QED) is 0.267. The van der Waals surface area contributed by atoms with Gasteiger partial charge in [-0.1, -0.05) is 38.8 Å². The minimum Gasteiger partial charge on any atom is -0.492 e. The van der Waals surface area contributed by atoms with Gasteiger partial charge in [-0.15, -0.1) is 0 Å². The molecule has 1 aliphatic carbocycles. The van der Waals surface area contributed by atoms with Gasteiger partial charge in [0, 0.05) is 12.7 Å². The van der Waals surface area contributed by atoms with Crippen LogP contribution < -0.4 is 26.0 Å². The molecule has 1 fully saturated rings. The number of benzene rings is 2. The number of carbonyl (C=O) groups excluding carboxylic acids is 1. The van der Waals surface area contributed by atoms with Crippen LogP contribution >= 0.6 is 0 Å². The van der Waals surface area contributed by atoms with Gasteiger partial charge in [0.2, 0.25) is 5.43 Å². The van der Waals surface area contributed by atoms with Crippen LogP contribution in [0.2, 0.25) is 0 Å². The van der Waals surface area contributed by atoms with Crippen molar-refractivity contribution >= 4 is 28.1 Å². The molecule has 2 aliphatic rings. The summed E-state index contributed by atoms with van der Waals surface area (Å²) in [4.78, 5) is 25.5. The first-order chi connectivity index (χ1) is 17.2. The monoisotopic (exact) mass is 493 g/mol. The Labute approximate surface area is 209 Å². The van der Waals surface area contributed by atoms with Gasteiger partial charge in [-0.2, -0.15) is 0 Å². The highest BCUT2D eigenvalue weighted by Gasteiger charge is 2.42. The lowest BCUT2D eigenvalue weighted by atomic mass is 9.93. The highest BCUT2D eigenvalue weighted by atomic mass is 19.1. The fourth-order valence-electron chi connectivity index (χ4n) is 5.46. The molecule has 0 bridgehead atoms. The predicted octanol–water partition coefficient (Wildman–Crippen LogP) is 5.20. The van der Waals surface area contributed by atoms with Crippen molar-refractivity contribution in [2.75, 3.05) is 30.8 Å². The number of hydrogen-bond acceptors (Lipinski definition) is 6. The van der Waals surface area contributed by atoms with Gasteiger partial charge in [0.25, 0.3) is 0 Å². The summed E-state index contributed by atoms with van der Waals surface area (Å²) >= 11 is 0. The van der Waals surface area contributed by atoms with Gasteiger partial charge in [0.1, 0.15) is 24.7 Å². The first-order valence-corrected chi connectivity index (χ1v) is 12.5. The maximum absolute atomic E-state index is 15.5. The van der Waals surface area contributed by atoms with Crippen molar-refractivity contribution in [3.63, 3.8) is 0 Å². The Kier molecular flexibility index (Phi) is 6.14. The Morgan fingerprint density at radius 2 is 1.94 bits per heavy atom. The molecular formula is C28H32FN3O4. The largest absolute Gasteiger partial charge is 0.492 e. The van der Waals surface area contributed by atoms with Crippen LogP contribution in [-0.4, -0.2) is 30.1 Å². The van der Waals surface area contributed by atoms with Crippen LogP contribution in [0.5, 0.6) is 11.5 Å². The Morgan fingerprint density at radius 1 is 1.25 bits per heavy atom. The summed E-state index contributed by atoms with van der Waals surface area (Å²) in [5.74, 6) is 0.290. The van der Waals surface area contributed by atoms with Crippen molar-refractivity contribution in [2.45, 2.75) is 57.9 Å². The van der Waals surface area contributed by atoms with Crippen LogP contribution in [0.4, 0.5) is 15.8 Å². The number of hydrogen-bond donors (Lipinski definition) is 2. The number of nitrogens with zero attached hydrogens (tertiary/aromatic N) is 1. The van der Waals surface area contributed by atoms with E-state index in [1.54, 1.807) is 6.20 Å². The van der Waals surface area contributed by atoms with Crippen LogP contribution in [0.15, 0.2) is 35.3 Å². The van der Waals surface area contributed by atoms with E-state index in [2.05, 4.69) is 19.2 Å². The third kappa shape index (κ3) is 3.88. The van der Waals surface area contributed by atoms with Crippen molar-refractivity contribution in [1.29, 1.82) is 0 Å². The van der Waals surface area contributed by atoms with E-state index in [0.717, 1.165) is 31.4 Å². The SMILES string of the molecule is CC(=O)c1cn2c3c(c(NCCOc4ccc(C(C)C)cc4)c(F)c(N)c3c1=O)OCC21CCCC1. The molecule has 2 heterocycles. The van der Waals surface area contributed by atoms with Crippen LogP contribution in [0, 0.1) is 5.82 Å². The lowest BCUT2D eigenvalue weighted by molar-refractivity contribution is 0.101. The van der Waals surface area contributed by atoms with Crippen LogP contribution in [0.3, 0.4) is 0 Å². The van der Waals surface area contributed by atoms with E-state index < -0.39 is 11.2 Å². The number of ketones is 1. The molecule has 3 N–H and O–H groups in total. The number of rotatable bonds is 7. The Bertz CT molecular complexity index is 1390. The molecule has 8 heteroatoms. The van der Waals surface area contributed by atoms with Gasteiger partial charge in [-0.3, -0.25) is 9.59 Å². The molecule has 1 aromatic heterocycles. The number of ether oxygens (including phenoxy) is 2. The lowest BCUT2D eigenvalue weighted by Gasteiger charge is -2.39. The molecule has 36 heavy (non-hydrogen) atoms. The number of Topliss-reactive ketones (excluding diaryl/α,β-unsaturated/α-hetero) is 1. The molecule has 3 aromatic rings. The third-order valence-electron chi connectivity index (χ3n) is 7.50. The summed E-state index contributed by atoms with van der Waals surface area (Å²) < 4.78 is 29.5. The highest BCUT2D eigenvalue weighted by molar-refractivity contribution is 6.04. The molecule has 5 rings (SSSR count). The zero-order valence-electron chi connectivity index (χ0n) is 20.9. The minimum atomic E-state index is -0.759. The number of nitrogen functional groups attached to an aromatic ring is 1. The summed E-state index contributed by atoms with van der Waals surface area (Å²) in [5, 5.41) is 3.08. The first kappa shape index (κ1) is 24.2. The standard InChI is InChI=1S/C28H32FN3O4/c1-16(2)18-6-8-19(9-7-18)35-13-12-31-24-22(29)23(30)21-25-27(24)36-15-28(10-4-5-11-28)32(25)14-20(17(3)33)26(21)34/h6-9,14,16,31H,4-5,10-13,15,30H2,1-3H3. The molecule has 0 unspecified atom stereocenters. The van der Waals surface area contributed by atoms with Crippen LogP contribution in [0.25, 0.3) is 10.9 Å². The number of pyridine rings is 1. The molecule has 0 radical (unpaired) electrons. The van der Waals surface area contributed by atoms with E-state index >= 15 is 4.39 Å². The van der Waals surface area contributed by atoms with Crippen molar-refractivity contribution < 1.29 is 18.7 Å². The van der Waals surface area contributed by atoms with Gasteiger partial charge in [0.05, 0.1) is 27.7 Å². The molecule has 190 valence electrons. The Hall–Kier alpha value is -3.55. The second kappa shape index (κ2) is 9.15. The van der Waals surface area contributed by atoms with Crippen molar-refractivity contribution in [3.05, 3.63) is 57.6 Å². The summed E-state index contributed by atoms with van der Waals surface area (Å²) in [5.41, 5.74) is 6.78. The number of anilines is 2. The second-order valence-corrected chi connectivity index (χ2v) is 10.2. The molecule has 0 atom stereocenters. The van der Waals surface area contributed by atoms with Crippen LogP contribution in [0.1, 0.15) is 68.3 Å². The molecule has 2 aromatic carbocycles. The van der Waals surface area contributed by atoms with Gasteiger partial charge < -0.3 is 25.1 Å². The molecule has 7 nitrogen and oxygen atoms in total. The first-order valence-electron chi connectivity index (χ1n) is 12.5. The van der Waals surface area contributed by atoms with E-state index in [4.69, 9.17) is 15.2 Å². The van der Waals surface area contributed by atoms with Gasteiger partial charge in [-0.05, 0) is 43.4 Å². The normalized spacial score (nSPS) is 15.9. The summed E-state index contributed by atoms with van der Waals surface area (Å²) in [6, 6.07) is 7.90. The number of carbonyl (C=O) groups is 1. The molecule has 0 amide bonds. The van der Waals surface area contributed by atoms with Crippen molar-refractivity contribution in [2.24, 2.45) is 0 Å². The zero-order chi connectivity index (χ0) is 25.6. The molecule has 1 spiro atoms. The average Bonchev–Trinajstić information content (AvgIpc) is 3.32. The van der Waals surface area contributed by atoms with Gasteiger partial charge >= 0.3 is 0 Å². The van der Waals surface area contributed by atoms with E-state index in [1.807, 2.05) is 28.8 Å². The smallest absolute Gasteiger partial charge is 0.202 e. The minimum absolute atomic E-state index is 0.00761. The molecule has 1 saturated carbocycles. The van der Waals surface area contributed by atoms with Crippen molar-refractivity contribution in [1.82, 2.24) is 4.57 Å². The Balaban J connectivity index is 1.50. The fraction of sp³-hybridized carbons (Fsp3) is 0.429. The zero-order valence-corrected chi connectivity index (χ0v) is 20.9. The number of nitrogens with one attached hydrogen (secondary N) is 1. The summed E-state index contributed by atoms with van der Waals surface area (Å²) in [6.07, 6.45) is 5.35. The highest BCUT2D eigenvalue weighted by Crippen LogP contribution is 2.48. The summed E-state index contributed by atoms with van der Waals surface area (Å²) in [6.45, 7) is 6.53. The number of halogens is 1. The van der Waals surface area contributed by atoms with E-state index in [0.29, 0.717) is 24.6 Å². The van der Waals surface area contributed by atoms with Gasteiger partial charge in [-0.25, -0.2) is 4.39 Å². The van der Waals surface area contributed by atoms with Gasteiger partial charge in [0.15, 0.2) is 17.3 Å². The average molecular weight is 494 g/mol. The third-order valence-corrected chi connectivity index (χ3v) is 7.50. The number of fused-ring (bicyclic) bond motifs is 1. The summed E-state index contributed by atoms with van der Waals surface area (Å²) in [7, 11) is 0. The second-order valence-electron chi connectivity index (χ2n) is 10.2. The Morgan fingerprint density at radius 3 is 2.58 bits per heavy atom. The van der Waals surface area contributed by atoms with E-state index in [1.165, 1.54) is 12.5 Å². The fourth-order valence-corrected chi connectivity index (χ4v) is 5.46. The van der Waals surface area contributed by atoms with E-state index in [9.17, 15) is 9.59 Å². The maximum atomic E-state index is 15.5. The topological polar surface area (TPSA) is 95.6 Å². The van der Waals surface area contributed by atoms with E-state index in [-0.39, 0.29) is 46.0 Å². The number of nitrogens with two attached hydrogens (primary N) is 1. The predicted molar refractivity (Wildman–Crippen MR) is 139 cm³/mol. The lowest BCUT2D eigenvalue weighted by Crippen LogP contribution is -2.42. The molecular weight excluding hydrogens is 461 g/mol. The molecule has 0 saturated heterocycles. The number of aromatic nitrogens is 1. The molecule has 1 aliphatic heterocycles. The van der Waals surface area contributed by atoms with Crippen LogP contribution in [-0.2, 0) is 5.54 Å². The maximum Gasteiger partial charge on any atom is 0.202 e. The van der Waals surface area contributed by atoms with Crippen molar-refractivity contribution in [3.8, 4) is 11.5 Å².